The number of hydrogen-bond donors (Lipinski definition) is 3. The number of anilines is 1. The molecule has 1 fully saturated rings. The Morgan fingerprint density at radius 3 is 2.24 bits per heavy atom. The number of rotatable bonds is 11. The number of carbonyl (C=O) groups is 2. The number of aliphatic hydroxyl groups is 1. The van der Waals surface area contributed by atoms with Crippen LogP contribution in [0.2, 0.25) is 0 Å². The molecule has 4 atom stereocenters. The van der Waals surface area contributed by atoms with Crippen LogP contribution in [0, 0.1) is 10.8 Å². The average Bonchev–Trinajstić information content (AvgIpc) is 3.41. The van der Waals surface area contributed by atoms with E-state index >= 15 is 4.39 Å². The van der Waals surface area contributed by atoms with E-state index in [4.69, 9.17) is 33.5 Å². The number of carbonyl (C=O) groups excluding carboxylic acids is 2. The topological polar surface area (TPSA) is 229 Å². The predicted octanol–water partition coefficient (Wildman–Crippen LogP) is 1.58. The molecule has 2 aromatic heterocycles. The van der Waals surface area contributed by atoms with E-state index in [1.54, 1.807) is 41.5 Å². The normalized spacial score (nSPS) is 23.2. The van der Waals surface area contributed by atoms with Crippen LogP contribution in [0.25, 0.3) is 11.2 Å². The van der Waals surface area contributed by atoms with Gasteiger partial charge in [-0.1, -0.05) is 0 Å². The molecule has 0 aliphatic carbocycles. The number of aromatic nitrogens is 4. The third-order valence-electron chi connectivity index (χ3n) is 5.81. The highest BCUT2D eigenvalue weighted by molar-refractivity contribution is 7.48. The van der Waals surface area contributed by atoms with Crippen LogP contribution in [0.15, 0.2) is 16.1 Å². The van der Waals surface area contributed by atoms with Crippen molar-refractivity contribution in [1.29, 1.82) is 0 Å². The van der Waals surface area contributed by atoms with E-state index in [2.05, 4.69) is 26.7 Å². The van der Waals surface area contributed by atoms with Gasteiger partial charge in [0.2, 0.25) is 25.3 Å². The van der Waals surface area contributed by atoms with Crippen LogP contribution in [0.1, 0.15) is 47.8 Å². The maximum atomic E-state index is 15.4. The summed E-state index contributed by atoms with van der Waals surface area (Å²) < 4.78 is 60.8. The van der Waals surface area contributed by atoms with E-state index < -0.39 is 80.6 Å². The average molecular weight is 621 g/mol. The minimum absolute atomic E-state index is 0.157. The van der Waals surface area contributed by atoms with Crippen LogP contribution in [0.4, 0.5) is 10.3 Å². The highest BCUT2D eigenvalue weighted by Gasteiger charge is 2.57. The monoisotopic (exact) mass is 620 g/mol. The summed E-state index contributed by atoms with van der Waals surface area (Å²) in [4.78, 5) is 50.0. The molecular formula is C23H34FN6O11P. The Labute approximate surface area is 239 Å². The number of phosphoric acid groups is 1. The number of nitrogens with zero attached hydrogens (tertiary/aromatic N) is 4. The lowest BCUT2D eigenvalue weighted by atomic mass is 9.98. The summed E-state index contributed by atoms with van der Waals surface area (Å²) in [5.74, 6) is -1.71. The van der Waals surface area contributed by atoms with Gasteiger partial charge < -0.3 is 25.1 Å². The Morgan fingerprint density at radius 1 is 1.19 bits per heavy atom. The van der Waals surface area contributed by atoms with Crippen molar-refractivity contribution in [3.8, 4) is 0 Å². The molecule has 0 bridgehead atoms. The number of H-pyrrole nitrogens is 1. The van der Waals surface area contributed by atoms with E-state index in [1.807, 2.05) is 0 Å². The Kier molecular flexibility index (Phi) is 9.61. The molecule has 1 saturated heterocycles. The van der Waals surface area contributed by atoms with Gasteiger partial charge in [0.1, 0.15) is 12.7 Å². The first-order valence-electron chi connectivity index (χ1n) is 12.4. The number of fused-ring (bicyclic) bond motifs is 1. The number of hydrogen-bond acceptors (Lipinski definition) is 15. The van der Waals surface area contributed by atoms with E-state index in [0.717, 1.165) is 10.9 Å². The third kappa shape index (κ3) is 7.19. The number of aliphatic hydroxyl groups excluding tert-OH is 1. The molecule has 3 rings (SSSR count). The van der Waals surface area contributed by atoms with Crippen molar-refractivity contribution < 1.29 is 51.4 Å². The first-order valence-corrected chi connectivity index (χ1v) is 13.9. The second-order valence-corrected chi connectivity index (χ2v) is 12.9. The van der Waals surface area contributed by atoms with Crippen LogP contribution in [-0.2, 0) is 41.9 Å². The van der Waals surface area contributed by atoms with Crippen molar-refractivity contribution >= 4 is 43.6 Å². The van der Waals surface area contributed by atoms with Crippen LogP contribution < -0.4 is 11.3 Å². The van der Waals surface area contributed by atoms with Crippen LogP contribution >= 0.6 is 7.82 Å². The number of phosphoric ester groups is 1. The highest BCUT2D eigenvalue weighted by Crippen LogP contribution is 2.52. The van der Waals surface area contributed by atoms with Crippen molar-refractivity contribution in [2.75, 3.05) is 25.9 Å². The summed E-state index contributed by atoms with van der Waals surface area (Å²) in [5.41, 5.74) is 0.391. The standard InChI is InChI=1S/C23H34FN6O11P/c1-21(2,3)18(33)36-10-39-42(35,40-11-37-19(34)22(4,5)6)38-8-23(26-7)14(31)12(24)17(41-23)30-9-27-13-15(30)28-20(25)29-16(13)32/h9,12,14,17,31H,7-8,10-11H2,1-6H3,(H3,25,28,29,32)/t12-,14+,17-,23-/m1/s1. The lowest BCUT2D eigenvalue weighted by molar-refractivity contribution is -0.165. The van der Waals surface area contributed by atoms with E-state index in [1.165, 1.54) is 0 Å². The van der Waals surface area contributed by atoms with E-state index in [9.17, 15) is 24.1 Å². The lowest BCUT2D eigenvalue weighted by Gasteiger charge is -2.28. The molecular weight excluding hydrogens is 586 g/mol. The zero-order valence-electron chi connectivity index (χ0n) is 23.9. The summed E-state index contributed by atoms with van der Waals surface area (Å²) in [7, 11) is -4.77. The molecule has 0 radical (unpaired) electrons. The number of ether oxygens (including phenoxy) is 3. The predicted molar refractivity (Wildman–Crippen MR) is 142 cm³/mol. The summed E-state index contributed by atoms with van der Waals surface area (Å²) in [6.07, 6.45) is -4.92. The number of imidazole rings is 1. The van der Waals surface area contributed by atoms with Gasteiger partial charge in [0.05, 0.1) is 17.2 Å². The number of aromatic amines is 1. The van der Waals surface area contributed by atoms with Gasteiger partial charge in [-0.05, 0) is 48.3 Å². The van der Waals surface area contributed by atoms with Crippen LogP contribution in [0.5, 0.6) is 0 Å². The highest BCUT2D eigenvalue weighted by atomic mass is 31.2. The molecule has 42 heavy (non-hydrogen) atoms. The maximum absolute atomic E-state index is 15.4. The Bertz CT molecular complexity index is 1400. The van der Waals surface area contributed by atoms with Crippen LogP contribution in [-0.4, -0.2) is 81.5 Å². The van der Waals surface area contributed by atoms with E-state index in [0.29, 0.717) is 0 Å². The van der Waals surface area contributed by atoms with Gasteiger partial charge in [0, 0.05) is 0 Å². The van der Waals surface area contributed by atoms with Gasteiger partial charge in [0.15, 0.2) is 23.6 Å². The number of nitrogen functional groups attached to an aromatic ring is 1. The molecule has 0 spiro atoms. The minimum atomic E-state index is -4.77. The lowest BCUT2D eigenvalue weighted by Crippen LogP contribution is -2.44. The van der Waals surface area contributed by atoms with Crippen molar-refractivity contribution in [3.05, 3.63) is 16.7 Å². The summed E-state index contributed by atoms with van der Waals surface area (Å²) in [5, 5.41) is 10.8. The Morgan fingerprint density at radius 2 is 1.74 bits per heavy atom. The fourth-order valence-corrected chi connectivity index (χ4v) is 4.32. The second-order valence-electron chi connectivity index (χ2n) is 11.3. The second kappa shape index (κ2) is 12.1. The molecule has 3 heterocycles. The minimum Gasteiger partial charge on any atom is -0.437 e. The van der Waals surface area contributed by atoms with Gasteiger partial charge in [-0.25, -0.2) is 23.0 Å². The largest absolute Gasteiger partial charge is 0.480 e. The molecule has 1 aliphatic rings. The first-order chi connectivity index (χ1) is 19.3. The number of halogens is 1. The molecule has 2 aromatic rings. The van der Waals surface area contributed by atoms with Crippen molar-refractivity contribution in [3.63, 3.8) is 0 Å². The number of nitrogens with one attached hydrogen (secondary N) is 1. The Hall–Kier alpha value is -3.28. The SMILES string of the molecule is C=N[C@]1(COP(=O)(OCOC(=O)C(C)(C)C)OCOC(=O)C(C)(C)C)O[C@@H](n2cnc3c(=O)[nH]c(N)nc32)[C@H](F)[C@@H]1O. The summed E-state index contributed by atoms with van der Waals surface area (Å²) in [6, 6.07) is 0. The molecule has 0 unspecified atom stereocenters. The quantitative estimate of drug-likeness (QED) is 0.140. The third-order valence-corrected chi connectivity index (χ3v) is 7.10. The molecule has 0 aromatic carbocycles. The molecule has 0 saturated carbocycles. The van der Waals surface area contributed by atoms with Gasteiger partial charge in [-0.15, -0.1) is 0 Å². The number of esters is 2. The smallest absolute Gasteiger partial charge is 0.437 e. The van der Waals surface area contributed by atoms with Gasteiger partial charge >= 0.3 is 19.8 Å². The molecule has 17 nitrogen and oxygen atoms in total. The summed E-state index contributed by atoms with van der Waals surface area (Å²) in [6.45, 7) is 9.95. The van der Waals surface area contributed by atoms with Gasteiger partial charge in [-0.2, -0.15) is 4.98 Å². The molecule has 4 N–H and O–H groups in total. The van der Waals surface area contributed by atoms with Crippen molar-refractivity contribution in [2.24, 2.45) is 15.8 Å². The molecule has 0 amide bonds. The molecule has 234 valence electrons. The summed E-state index contributed by atoms with van der Waals surface area (Å²) >= 11 is 0. The van der Waals surface area contributed by atoms with Gasteiger partial charge in [0.25, 0.3) is 5.56 Å². The molecule has 19 heteroatoms. The number of aliphatic imine (C=N–C) groups is 1. The Balaban J connectivity index is 1.82. The molecule has 1 aliphatic heterocycles. The zero-order chi connectivity index (χ0) is 31.7. The van der Waals surface area contributed by atoms with Crippen molar-refractivity contribution in [1.82, 2.24) is 19.5 Å². The number of alkyl halides is 1. The fourth-order valence-electron chi connectivity index (χ4n) is 3.39. The van der Waals surface area contributed by atoms with E-state index in [-0.39, 0.29) is 17.1 Å². The zero-order valence-corrected chi connectivity index (χ0v) is 24.8. The van der Waals surface area contributed by atoms with Crippen LogP contribution in [0.3, 0.4) is 0 Å². The number of nitrogens with two attached hydrogens (primary N) is 1. The maximum Gasteiger partial charge on any atom is 0.480 e. The fraction of sp³-hybridized carbons (Fsp3) is 0.652. The van der Waals surface area contributed by atoms with Gasteiger partial charge in [-0.3, -0.25) is 33.5 Å². The first kappa shape index (κ1) is 33.2. The van der Waals surface area contributed by atoms with Crippen molar-refractivity contribution in [2.45, 2.75) is 65.8 Å².